The molecule has 4 aromatic carbocycles. The van der Waals surface area contributed by atoms with Gasteiger partial charge >= 0.3 is 0 Å². The normalized spacial score (nSPS) is 11.4. The SMILES string of the molecule is CC(=O)NS(=O)(=O)c1ccc(CC(=O)c2nc(Br)cnc2N)cc1.CCS(=O)(=O)c1cccc(-c2cnc(N)c(C(=O)Cc3ccc(S(=O)(=O)NC(C)=O)cc3)n2)c1.CCS(=O)(=O)c1cccc(N(O)O)c1. The molecule has 0 bridgehead atoms. The van der Waals surface area contributed by atoms with Gasteiger partial charge in [-0.3, -0.25) is 29.6 Å². The van der Waals surface area contributed by atoms with Gasteiger partial charge in [0.15, 0.2) is 42.9 Å². The third-order valence-corrected chi connectivity index (χ3v) is 16.3. The smallest absolute Gasteiger partial charge is 0.264 e. The van der Waals surface area contributed by atoms with Crippen LogP contribution in [0.3, 0.4) is 0 Å². The van der Waals surface area contributed by atoms with Gasteiger partial charge in [-0.15, -0.1) is 5.23 Å². The number of hydrogen-bond donors (Lipinski definition) is 6. The molecule has 0 radical (unpaired) electrons. The molecule has 2 amide bonds. The number of nitrogens with zero attached hydrogens (tertiary/aromatic N) is 5. The molecule has 6 aromatic rings. The van der Waals surface area contributed by atoms with E-state index in [1.54, 1.807) is 19.1 Å². The summed E-state index contributed by atoms with van der Waals surface area (Å²) in [6.07, 6.45) is 2.59. The summed E-state index contributed by atoms with van der Waals surface area (Å²) >= 11 is 3.12. The predicted octanol–water partition coefficient (Wildman–Crippen LogP) is 3.91. The second kappa shape index (κ2) is 24.4. The number of nitrogen functional groups attached to an aromatic ring is 2. The van der Waals surface area contributed by atoms with E-state index in [1.807, 2.05) is 9.44 Å². The molecule has 72 heavy (non-hydrogen) atoms. The number of Topliss-reactive ketones (excluding diaryl/α,β-unsaturated/α-hetero) is 2. The number of carbonyl (C=O) groups excluding carboxylic acids is 4. The molecule has 0 spiro atoms. The first-order valence-corrected chi connectivity index (χ1v) is 27.7. The number of amides is 2. The van der Waals surface area contributed by atoms with E-state index >= 15 is 0 Å². The predicted molar refractivity (Wildman–Crippen MR) is 265 cm³/mol. The topological polar surface area (TPSA) is 376 Å². The molecule has 28 heteroatoms. The minimum absolute atomic E-state index is 0.0134. The highest BCUT2D eigenvalue weighted by Crippen LogP contribution is 2.24. The molecule has 23 nitrogen and oxygen atoms in total. The Kier molecular flexibility index (Phi) is 19.5. The van der Waals surface area contributed by atoms with E-state index in [0.717, 1.165) is 13.8 Å². The summed E-state index contributed by atoms with van der Waals surface area (Å²) in [5.74, 6) is -2.35. The van der Waals surface area contributed by atoms with Crippen molar-refractivity contribution in [3.8, 4) is 11.3 Å². The van der Waals surface area contributed by atoms with Crippen LogP contribution in [-0.4, -0.2) is 98.9 Å². The first-order chi connectivity index (χ1) is 33.6. The van der Waals surface area contributed by atoms with Gasteiger partial charge in [0.05, 0.1) is 54.9 Å². The average molecular weight is 1130 g/mol. The van der Waals surface area contributed by atoms with Crippen LogP contribution in [-0.2, 0) is 62.2 Å². The average Bonchev–Trinajstić information content (AvgIpc) is 3.32. The monoisotopic (exact) mass is 1130 g/mol. The number of benzene rings is 4. The Labute approximate surface area is 422 Å². The Bertz CT molecular complexity index is 3460. The number of aromatic nitrogens is 4. The third-order valence-electron chi connectivity index (χ3n) is 9.51. The highest BCUT2D eigenvalue weighted by Gasteiger charge is 2.21. The fraction of sp³-hybridized carbons (Fsp3) is 0.182. The van der Waals surface area contributed by atoms with E-state index in [1.165, 1.54) is 104 Å². The lowest BCUT2D eigenvalue weighted by Gasteiger charge is -2.09. The van der Waals surface area contributed by atoms with Crippen molar-refractivity contribution in [2.24, 2.45) is 0 Å². The lowest BCUT2D eigenvalue weighted by molar-refractivity contribution is -0.118. The quantitative estimate of drug-likeness (QED) is 0.0591. The molecule has 8 N–H and O–H groups in total. The summed E-state index contributed by atoms with van der Waals surface area (Å²) < 4.78 is 99.0. The van der Waals surface area contributed by atoms with Crippen LogP contribution in [0.15, 0.2) is 134 Å². The van der Waals surface area contributed by atoms with Crippen molar-refractivity contribution < 1.29 is 63.3 Å². The zero-order valence-corrected chi connectivity index (χ0v) is 43.3. The van der Waals surface area contributed by atoms with Crippen LogP contribution in [0.1, 0.15) is 59.8 Å². The highest BCUT2D eigenvalue weighted by atomic mass is 79.9. The van der Waals surface area contributed by atoms with Crippen molar-refractivity contribution in [1.82, 2.24) is 29.4 Å². The number of sulfonamides is 2. The second-order valence-corrected chi connectivity index (χ2v) is 23.6. The van der Waals surface area contributed by atoms with E-state index in [4.69, 9.17) is 21.9 Å². The number of sulfone groups is 2. The lowest BCUT2D eigenvalue weighted by atomic mass is 10.1. The standard InChI is InChI=1S/C22H22N4O6S2.C14H13BrN4O4S.C8H11NO4S/c1-3-33(29,30)18-6-4-5-16(12-18)19-13-24-22(23)21(25-19)20(28)11-15-7-9-17(10-8-15)34(31,32)26-14(2)27;1-8(20)19-24(22,23)10-4-2-9(3-5-10)6-11(21)13-14(16)17-7-12(15)18-13;1-2-14(12,13)8-5-3-4-7(6-8)9(10)11/h4-10,12-13H,3,11H2,1-2H3,(H2,23,24)(H,26,27);2-5,7H,6H2,1H3,(H2,16,17)(H,19,20);3-6,10-11H,2H2,1H3. The van der Waals surface area contributed by atoms with E-state index in [-0.39, 0.29) is 89.3 Å². The lowest BCUT2D eigenvalue weighted by Crippen LogP contribution is -2.28. The van der Waals surface area contributed by atoms with Crippen LogP contribution in [0.5, 0.6) is 0 Å². The van der Waals surface area contributed by atoms with Gasteiger partial charge in [-0.2, -0.15) is 0 Å². The van der Waals surface area contributed by atoms with E-state index in [9.17, 15) is 52.8 Å². The minimum atomic E-state index is -3.99. The van der Waals surface area contributed by atoms with Crippen molar-refractivity contribution in [2.45, 2.75) is 60.1 Å². The van der Waals surface area contributed by atoms with E-state index < -0.39 is 57.3 Å². The molecule has 0 saturated carbocycles. The van der Waals surface area contributed by atoms with Gasteiger partial charge in [0.1, 0.15) is 16.0 Å². The van der Waals surface area contributed by atoms with Crippen LogP contribution >= 0.6 is 15.9 Å². The molecule has 0 aliphatic rings. The molecule has 6 rings (SSSR count). The van der Waals surface area contributed by atoms with Crippen LogP contribution in [0.2, 0.25) is 0 Å². The molecule has 0 unspecified atom stereocenters. The van der Waals surface area contributed by atoms with Crippen LogP contribution in [0.4, 0.5) is 17.3 Å². The minimum Gasteiger partial charge on any atom is -0.382 e. The van der Waals surface area contributed by atoms with E-state index in [0.29, 0.717) is 21.3 Å². The van der Waals surface area contributed by atoms with Gasteiger partial charge in [-0.1, -0.05) is 56.3 Å². The Morgan fingerprint density at radius 3 is 1.43 bits per heavy atom. The molecular formula is C44H46BrN9O14S4. The molecule has 2 aromatic heterocycles. The van der Waals surface area contributed by atoms with E-state index in [2.05, 4.69) is 35.9 Å². The Hall–Kier alpha value is -7.08. The number of ketones is 2. The van der Waals surface area contributed by atoms with Crippen LogP contribution in [0.25, 0.3) is 11.3 Å². The fourth-order valence-electron chi connectivity index (χ4n) is 5.92. The highest BCUT2D eigenvalue weighted by molar-refractivity contribution is 9.10. The van der Waals surface area contributed by atoms with Crippen molar-refractivity contribution in [3.05, 3.63) is 137 Å². The van der Waals surface area contributed by atoms with Gasteiger partial charge in [0.2, 0.25) is 11.8 Å². The molecule has 2 heterocycles. The Morgan fingerprint density at radius 2 is 1.00 bits per heavy atom. The number of halogens is 1. The number of anilines is 3. The Morgan fingerprint density at radius 1 is 0.583 bits per heavy atom. The summed E-state index contributed by atoms with van der Waals surface area (Å²) in [6.45, 7) is 5.26. The summed E-state index contributed by atoms with van der Waals surface area (Å²) in [4.78, 5) is 63.2. The number of hydrogen-bond acceptors (Lipinski definition) is 21. The maximum absolute atomic E-state index is 12.9. The summed E-state index contributed by atoms with van der Waals surface area (Å²) in [5.41, 5.74) is 13.3. The van der Waals surface area contributed by atoms with Gasteiger partial charge in [-0.05, 0) is 81.7 Å². The zero-order chi connectivity index (χ0) is 53.8. The first-order valence-electron chi connectivity index (χ1n) is 20.6. The van der Waals surface area contributed by atoms with Crippen LogP contribution < -0.4 is 26.1 Å². The van der Waals surface area contributed by atoms with Gasteiger partial charge in [0.25, 0.3) is 20.0 Å². The number of carbonyl (C=O) groups is 4. The fourth-order valence-corrected chi connectivity index (χ4v) is 10.0. The number of rotatable bonds is 16. The number of nitrogens with two attached hydrogens (primary N) is 2. The summed E-state index contributed by atoms with van der Waals surface area (Å²) in [6, 6.07) is 22.6. The van der Waals surface area contributed by atoms with Gasteiger partial charge < -0.3 is 11.5 Å². The van der Waals surface area contributed by atoms with Crippen molar-refractivity contribution in [3.63, 3.8) is 0 Å². The molecule has 0 saturated heterocycles. The first kappa shape index (κ1) is 57.5. The second-order valence-electron chi connectivity index (χ2n) is 14.8. The molecular weight excluding hydrogens is 1090 g/mol. The largest absolute Gasteiger partial charge is 0.382 e. The maximum atomic E-state index is 12.9. The van der Waals surface area contributed by atoms with Crippen LogP contribution in [0, 0.1) is 0 Å². The molecule has 0 aliphatic heterocycles. The molecule has 382 valence electrons. The zero-order valence-electron chi connectivity index (χ0n) is 38.4. The third kappa shape index (κ3) is 16.0. The summed E-state index contributed by atoms with van der Waals surface area (Å²) in [5, 5.41) is 17.2. The van der Waals surface area contributed by atoms with Crippen molar-refractivity contribution >= 4 is 96.4 Å². The van der Waals surface area contributed by atoms with Gasteiger partial charge in [0, 0.05) is 32.3 Å². The Balaban J connectivity index is 0.000000256. The molecule has 0 atom stereocenters. The van der Waals surface area contributed by atoms with Gasteiger partial charge in [-0.25, -0.2) is 63.1 Å². The molecule has 0 fully saturated rings. The maximum Gasteiger partial charge on any atom is 0.264 e. The van der Waals surface area contributed by atoms with Crippen molar-refractivity contribution in [1.29, 1.82) is 0 Å². The molecule has 0 aliphatic carbocycles. The van der Waals surface area contributed by atoms with Crippen molar-refractivity contribution in [2.75, 3.05) is 28.2 Å². The number of nitrogens with one attached hydrogen (secondary N) is 2. The summed E-state index contributed by atoms with van der Waals surface area (Å²) in [7, 11) is -14.6.